The molecular weight excluding hydrogens is 246 g/mol. The van der Waals surface area contributed by atoms with E-state index in [1.165, 1.54) is 0 Å². The second-order valence-electron chi connectivity index (χ2n) is 3.56. The van der Waals surface area contributed by atoms with Crippen LogP contribution < -0.4 is 5.32 Å². The van der Waals surface area contributed by atoms with E-state index in [0.717, 1.165) is 5.69 Å². The number of amides is 1. The highest BCUT2D eigenvalue weighted by Crippen LogP contribution is 2.22. The first-order chi connectivity index (χ1) is 8.01. The molecule has 1 aromatic rings. The molecular formula is C10H14ClN3O3. The molecule has 0 radical (unpaired) electrons. The van der Waals surface area contributed by atoms with E-state index >= 15 is 0 Å². The molecule has 0 fully saturated rings. The van der Waals surface area contributed by atoms with Gasteiger partial charge in [-0.05, 0) is 6.42 Å². The quantitative estimate of drug-likeness (QED) is 0.724. The molecule has 0 saturated heterocycles. The Bertz CT molecular complexity index is 431. The van der Waals surface area contributed by atoms with Gasteiger partial charge >= 0.3 is 5.97 Å². The molecule has 1 rings (SSSR count). The van der Waals surface area contributed by atoms with Crippen LogP contribution in [0.25, 0.3) is 0 Å². The van der Waals surface area contributed by atoms with Gasteiger partial charge in [0.25, 0.3) is 0 Å². The Morgan fingerprint density at radius 2 is 2.35 bits per heavy atom. The van der Waals surface area contributed by atoms with E-state index in [9.17, 15) is 9.59 Å². The number of carbonyl (C=O) groups excluding carboxylic acids is 1. The fourth-order valence-corrected chi connectivity index (χ4v) is 1.91. The van der Waals surface area contributed by atoms with Crippen LogP contribution in [0.2, 0.25) is 5.02 Å². The van der Waals surface area contributed by atoms with Crippen LogP contribution in [0.15, 0.2) is 0 Å². The summed E-state index contributed by atoms with van der Waals surface area (Å²) >= 11 is 6.09. The zero-order valence-corrected chi connectivity index (χ0v) is 10.4. The largest absolute Gasteiger partial charge is 0.480 e. The topological polar surface area (TPSA) is 84.2 Å². The van der Waals surface area contributed by atoms with Crippen molar-refractivity contribution in [2.45, 2.75) is 25.8 Å². The summed E-state index contributed by atoms with van der Waals surface area (Å²) in [4.78, 5) is 21.2. The smallest absolute Gasteiger partial charge is 0.326 e. The molecule has 1 aromatic heterocycles. The van der Waals surface area contributed by atoms with Crippen molar-refractivity contribution in [2.24, 2.45) is 7.05 Å². The van der Waals surface area contributed by atoms with E-state index < -0.39 is 12.0 Å². The minimum absolute atomic E-state index is 0.108. The number of hydrogen-bond acceptors (Lipinski definition) is 3. The number of rotatable bonds is 6. The van der Waals surface area contributed by atoms with Gasteiger partial charge in [0.05, 0.1) is 16.4 Å². The van der Waals surface area contributed by atoms with E-state index in [0.29, 0.717) is 23.5 Å². The van der Waals surface area contributed by atoms with Crippen LogP contribution in [0, 0.1) is 0 Å². The number of carboxylic acid groups (broad SMARTS) is 1. The first-order valence-corrected chi connectivity index (χ1v) is 5.51. The highest BCUT2D eigenvalue weighted by molar-refractivity contribution is 6.31. The molecule has 0 bridgehead atoms. The zero-order chi connectivity index (χ0) is 13.0. The Labute approximate surface area is 104 Å². The lowest BCUT2D eigenvalue weighted by molar-refractivity contribution is -0.140. The van der Waals surface area contributed by atoms with Crippen molar-refractivity contribution in [3.8, 4) is 0 Å². The summed E-state index contributed by atoms with van der Waals surface area (Å²) in [7, 11) is 1.69. The first kappa shape index (κ1) is 13.5. The van der Waals surface area contributed by atoms with Crippen molar-refractivity contribution in [2.75, 3.05) is 0 Å². The molecule has 17 heavy (non-hydrogen) atoms. The maximum Gasteiger partial charge on any atom is 0.326 e. The number of hydrogen-bond donors (Lipinski definition) is 2. The third-order valence-electron chi connectivity index (χ3n) is 2.47. The summed E-state index contributed by atoms with van der Waals surface area (Å²) in [6.45, 7) is 1.91. The van der Waals surface area contributed by atoms with Gasteiger partial charge in [-0.15, -0.1) is 0 Å². The van der Waals surface area contributed by atoms with Gasteiger partial charge < -0.3 is 10.4 Å². The van der Waals surface area contributed by atoms with E-state index in [1.807, 2.05) is 6.92 Å². The van der Waals surface area contributed by atoms with E-state index in [-0.39, 0.29) is 6.42 Å². The fourth-order valence-electron chi connectivity index (χ4n) is 1.53. The molecule has 0 aliphatic heterocycles. The number of aryl methyl sites for hydroxylation is 2. The van der Waals surface area contributed by atoms with Crippen LogP contribution in [0.1, 0.15) is 18.3 Å². The van der Waals surface area contributed by atoms with Crippen LogP contribution in [0.3, 0.4) is 0 Å². The lowest BCUT2D eigenvalue weighted by Crippen LogP contribution is -2.38. The van der Waals surface area contributed by atoms with E-state index in [4.69, 9.17) is 16.7 Å². The predicted octanol–water partition coefficient (Wildman–Crippen LogP) is 0.378. The Hall–Kier alpha value is -1.56. The summed E-state index contributed by atoms with van der Waals surface area (Å²) in [5, 5.41) is 15.8. The summed E-state index contributed by atoms with van der Waals surface area (Å²) in [6, 6.07) is -0.995. The molecule has 0 aromatic carbocycles. The summed E-state index contributed by atoms with van der Waals surface area (Å²) in [5.74, 6) is -1.10. The van der Waals surface area contributed by atoms with Gasteiger partial charge in [-0.2, -0.15) is 5.10 Å². The van der Waals surface area contributed by atoms with Crippen molar-refractivity contribution in [3.05, 3.63) is 16.4 Å². The lowest BCUT2D eigenvalue weighted by Gasteiger charge is -2.11. The highest BCUT2D eigenvalue weighted by Gasteiger charge is 2.22. The van der Waals surface area contributed by atoms with Gasteiger partial charge in [-0.25, -0.2) is 4.79 Å². The van der Waals surface area contributed by atoms with Crippen LogP contribution in [0.5, 0.6) is 0 Å². The number of nitrogens with one attached hydrogen (secondary N) is 1. The van der Waals surface area contributed by atoms with Gasteiger partial charge in [0.1, 0.15) is 6.04 Å². The molecule has 2 N–H and O–H groups in total. The number of aliphatic carboxylic acids is 1. The molecule has 0 aliphatic rings. The van der Waals surface area contributed by atoms with Crippen LogP contribution in [-0.4, -0.2) is 33.3 Å². The molecule has 1 heterocycles. The van der Waals surface area contributed by atoms with Crippen LogP contribution >= 0.6 is 11.6 Å². The summed E-state index contributed by atoms with van der Waals surface area (Å²) in [5.41, 5.74) is 1.32. The third-order valence-corrected chi connectivity index (χ3v) is 2.90. The average molecular weight is 260 g/mol. The average Bonchev–Trinajstić information content (AvgIpc) is 2.55. The summed E-state index contributed by atoms with van der Waals surface area (Å²) < 4.78 is 1.55. The SMILES string of the molecule is CCc1nn(C)c(CC(NC=O)C(=O)O)c1Cl. The Morgan fingerprint density at radius 3 is 2.76 bits per heavy atom. The Kier molecular flexibility index (Phi) is 4.51. The molecule has 94 valence electrons. The lowest BCUT2D eigenvalue weighted by atomic mass is 10.1. The number of aromatic nitrogens is 2. The fraction of sp³-hybridized carbons (Fsp3) is 0.500. The number of nitrogens with zero attached hydrogens (tertiary/aromatic N) is 2. The Morgan fingerprint density at radius 1 is 1.71 bits per heavy atom. The van der Waals surface area contributed by atoms with Gasteiger partial charge in [-0.3, -0.25) is 9.48 Å². The third kappa shape index (κ3) is 2.97. The van der Waals surface area contributed by atoms with Crippen molar-refractivity contribution in [3.63, 3.8) is 0 Å². The molecule has 0 spiro atoms. The highest BCUT2D eigenvalue weighted by atomic mass is 35.5. The zero-order valence-electron chi connectivity index (χ0n) is 9.61. The molecule has 0 aliphatic carbocycles. The minimum Gasteiger partial charge on any atom is -0.480 e. The Balaban J connectivity index is 2.96. The second kappa shape index (κ2) is 5.67. The van der Waals surface area contributed by atoms with Gasteiger partial charge in [0.15, 0.2) is 0 Å². The van der Waals surface area contributed by atoms with E-state index in [2.05, 4.69) is 10.4 Å². The van der Waals surface area contributed by atoms with Crippen LogP contribution in [-0.2, 0) is 29.5 Å². The molecule has 6 nitrogen and oxygen atoms in total. The van der Waals surface area contributed by atoms with Crippen molar-refractivity contribution < 1.29 is 14.7 Å². The number of carboxylic acids is 1. The summed E-state index contributed by atoms with van der Waals surface area (Å²) in [6.07, 6.45) is 1.14. The number of halogens is 1. The minimum atomic E-state index is -1.10. The predicted molar refractivity (Wildman–Crippen MR) is 61.9 cm³/mol. The second-order valence-corrected chi connectivity index (χ2v) is 3.94. The standard InChI is InChI=1S/C10H14ClN3O3/c1-3-6-9(11)8(14(2)13-6)4-7(10(16)17)12-5-15/h5,7H,3-4H2,1-2H3,(H,12,15)(H,16,17). The van der Waals surface area contributed by atoms with Crippen LogP contribution in [0.4, 0.5) is 0 Å². The first-order valence-electron chi connectivity index (χ1n) is 5.14. The van der Waals surface area contributed by atoms with E-state index in [1.54, 1.807) is 11.7 Å². The molecule has 0 saturated carbocycles. The monoisotopic (exact) mass is 259 g/mol. The van der Waals surface area contributed by atoms with Gasteiger partial charge in [0, 0.05) is 13.5 Å². The maximum absolute atomic E-state index is 10.9. The normalized spacial score (nSPS) is 12.2. The van der Waals surface area contributed by atoms with Crippen molar-refractivity contribution >= 4 is 24.0 Å². The van der Waals surface area contributed by atoms with Crippen molar-refractivity contribution in [1.29, 1.82) is 0 Å². The molecule has 1 atom stereocenters. The van der Waals surface area contributed by atoms with Gasteiger partial charge in [0.2, 0.25) is 6.41 Å². The molecule has 7 heteroatoms. The number of carbonyl (C=O) groups is 2. The van der Waals surface area contributed by atoms with Gasteiger partial charge in [-0.1, -0.05) is 18.5 Å². The molecule has 1 unspecified atom stereocenters. The van der Waals surface area contributed by atoms with Crippen molar-refractivity contribution in [1.82, 2.24) is 15.1 Å². The maximum atomic E-state index is 10.9. The molecule has 1 amide bonds.